The van der Waals surface area contributed by atoms with Gasteiger partial charge in [0, 0.05) is 24.0 Å². The van der Waals surface area contributed by atoms with Crippen molar-refractivity contribution in [2.45, 2.75) is 13.3 Å². The van der Waals surface area contributed by atoms with Gasteiger partial charge in [0.1, 0.15) is 5.78 Å². The summed E-state index contributed by atoms with van der Waals surface area (Å²) in [5, 5.41) is 0.0865. The Labute approximate surface area is 87.9 Å². The van der Waals surface area contributed by atoms with Crippen molar-refractivity contribution in [2.24, 2.45) is 11.8 Å². The molecule has 0 N–H and O–H groups in total. The maximum Gasteiger partial charge on any atom is 0.193 e. The van der Waals surface area contributed by atoms with Crippen LogP contribution in [0.1, 0.15) is 13.3 Å². The zero-order valence-corrected chi connectivity index (χ0v) is 9.23. The van der Waals surface area contributed by atoms with Gasteiger partial charge >= 0.3 is 0 Å². The van der Waals surface area contributed by atoms with Crippen molar-refractivity contribution in [1.29, 1.82) is 0 Å². The maximum absolute atomic E-state index is 11.5. The molecule has 0 radical (unpaired) electrons. The van der Waals surface area contributed by atoms with Crippen LogP contribution in [-0.2, 0) is 14.3 Å². The molecule has 1 aliphatic rings. The molecule has 1 saturated heterocycles. The Morgan fingerprint density at radius 1 is 1.71 bits per heavy atom. The Balaban J connectivity index is 2.67. The van der Waals surface area contributed by atoms with E-state index in [1.54, 1.807) is 0 Å². The van der Waals surface area contributed by atoms with Crippen molar-refractivity contribution < 1.29 is 14.3 Å². The highest BCUT2D eigenvalue weighted by atomic mass is 32.2. The molecule has 2 atom stereocenters. The molecule has 1 rings (SSSR count). The van der Waals surface area contributed by atoms with Crippen LogP contribution < -0.4 is 0 Å². The van der Waals surface area contributed by atoms with Gasteiger partial charge in [-0.15, -0.1) is 0 Å². The summed E-state index contributed by atoms with van der Waals surface area (Å²) in [7, 11) is 1.53. The summed E-state index contributed by atoms with van der Waals surface area (Å²) in [4.78, 5) is 22.7. The van der Waals surface area contributed by atoms with E-state index < -0.39 is 0 Å². The van der Waals surface area contributed by atoms with Crippen LogP contribution >= 0.6 is 11.8 Å². The van der Waals surface area contributed by atoms with Gasteiger partial charge in [-0.1, -0.05) is 18.3 Å². The van der Waals surface area contributed by atoms with Crippen LogP contribution in [0, 0.1) is 11.8 Å². The summed E-state index contributed by atoms with van der Waals surface area (Å²) in [6, 6.07) is 0. The fourth-order valence-corrected chi connectivity index (χ4v) is 2.79. The van der Waals surface area contributed by atoms with Crippen LogP contribution in [0.15, 0.2) is 12.3 Å². The first-order chi connectivity index (χ1) is 6.56. The summed E-state index contributed by atoms with van der Waals surface area (Å²) >= 11 is 1.24. The van der Waals surface area contributed by atoms with E-state index in [-0.39, 0.29) is 22.7 Å². The SMILES string of the molecule is C=C(CC1C(=O)SCC1C(C)=O)OC. The Morgan fingerprint density at radius 3 is 2.86 bits per heavy atom. The monoisotopic (exact) mass is 214 g/mol. The molecule has 0 bridgehead atoms. The van der Waals surface area contributed by atoms with Crippen LogP contribution in [0.3, 0.4) is 0 Å². The largest absolute Gasteiger partial charge is 0.502 e. The lowest BCUT2D eigenvalue weighted by Crippen LogP contribution is -2.22. The van der Waals surface area contributed by atoms with Crippen molar-refractivity contribution in [3.05, 3.63) is 12.3 Å². The lowest BCUT2D eigenvalue weighted by molar-refractivity contribution is -0.125. The van der Waals surface area contributed by atoms with Gasteiger partial charge in [-0.25, -0.2) is 0 Å². The molecular formula is C10H14O3S. The second-order valence-corrected chi connectivity index (χ2v) is 4.42. The molecule has 2 unspecified atom stereocenters. The maximum atomic E-state index is 11.5. The Bertz CT molecular complexity index is 273. The smallest absolute Gasteiger partial charge is 0.193 e. The van der Waals surface area contributed by atoms with E-state index in [2.05, 4.69) is 6.58 Å². The Kier molecular flexibility index (Phi) is 3.75. The van der Waals surface area contributed by atoms with Crippen LogP contribution in [0.2, 0.25) is 0 Å². The highest BCUT2D eigenvalue weighted by molar-refractivity contribution is 8.14. The molecule has 0 saturated carbocycles. The Hall–Kier alpha value is -0.770. The molecule has 1 fully saturated rings. The third-order valence-corrected chi connectivity index (χ3v) is 3.57. The van der Waals surface area contributed by atoms with Crippen LogP contribution in [-0.4, -0.2) is 23.8 Å². The van der Waals surface area contributed by atoms with Gasteiger partial charge in [0.15, 0.2) is 5.12 Å². The van der Waals surface area contributed by atoms with Gasteiger partial charge < -0.3 is 4.74 Å². The Morgan fingerprint density at radius 2 is 2.36 bits per heavy atom. The molecule has 0 amide bonds. The number of thioether (sulfide) groups is 1. The lowest BCUT2D eigenvalue weighted by Gasteiger charge is -2.14. The van der Waals surface area contributed by atoms with E-state index in [1.165, 1.54) is 25.8 Å². The lowest BCUT2D eigenvalue weighted by atomic mass is 9.89. The fraction of sp³-hybridized carbons (Fsp3) is 0.600. The molecule has 0 aromatic carbocycles. The zero-order valence-electron chi connectivity index (χ0n) is 8.41. The molecule has 0 spiro atoms. The predicted octanol–water partition coefficient (Wildman–Crippen LogP) is 1.63. The molecule has 1 aliphatic heterocycles. The number of ketones is 1. The van der Waals surface area contributed by atoms with E-state index in [0.717, 1.165) is 0 Å². The third-order valence-electron chi connectivity index (χ3n) is 2.45. The second-order valence-electron chi connectivity index (χ2n) is 3.40. The minimum Gasteiger partial charge on any atom is -0.502 e. The molecule has 14 heavy (non-hydrogen) atoms. The summed E-state index contributed by atoms with van der Waals surface area (Å²) in [5.74, 6) is 0.870. The first-order valence-corrected chi connectivity index (χ1v) is 5.43. The topological polar surface area (TPSA) is 43.4 Å². The van der Waals surface area contributed by atoms with E-state index in [4.69, 9.17) is 4.74 Å². The van der Waals surface area contributed by atoms with Crippen molar-refractivity contribution in [2.75, 3.05) is 12.9 Å². The minimum atomic E-state index is -0.232. The van der Waals surface area contributed by atoms with E-state index in [0.29, 0.717) is 17.9 Å². The van der Waals surface area contributed by atoms with Crippen LogP contribution in [0.5, 0.6) is 0 Å². The number of ether oxygens (including phenoxy) is 1. The summed E-state index contributed by atoms with van der Waals surface area (Å²) < 4.78 is 4.92. The third kappa shape index (κ3) is 2.38. The summed E-state index contributed by atoms with van der Waals surface area (Å²) in [6.45, 7) is 5.20. The quantitative estimate of drug-likeness (QED) is 0.667. The number of methoxy groups -OCH3 is 1. The molecule has 0 aliphatic carbocycles. The van der Waals surface area contributed by atoms with Crippen LogP contribution in [0.25, 0.3) is 0 Å². The van der Waals surface area contributed by atoms with Crippen molar-refractivity contribution in [3.63, 3.8) is 0 Å². The number of Topliss-reactive ketones (excluding diaryl/α,β-unsaturated/α-hetero) is 1. The molecule has 1 heterocycles. The number of carbonyl (C=O) groups is 2. The van der Waals surface area contributed by atoms with Crippen molar-refractivity contribution in [3.8, 4) is 0 Å². The van der Waals surface area contributed by atoms with Crippen molar-refractivity contribution in [1.82, 2.24) is 0 Å². The second kappa shape index (κ2) is 4.64. The van der Waals surface area contributed by atoms with E-state index in [9.17, 15) is 9.59 Å². The number of hydrogen-bond donors (Lipinski definition) is 0. The van der Waals surface area contributed by atoms with Gasteiger partial charge in [-0.3, -0.25) is 9.59 Å². The van der Waals surface area contributed by atoms with Gasteiger partial charge in [0.05, 0.1) is 12.9 Å². The highest BCUT2D eigenvalue weighted by Gasteiger charge is 2.38. The molecule has 3 nitrogen and oxygen atoms in total. The first kappa shape index (κ1) is 11.3. The number of hydrogen-bond acceptors (Lipinski definition) is 4. The van der Waals surface area contributed by atoms with Gasteiger partial charge in [-0.2, -0.15) is 0 Å². The molecule has 4 heteroatoms. The highest BCUT2D eigenvalue weighted by Crippen LogP contribution is 2.35. The molecular weight excluding hydrogens is 200 g/mol. The zero-order chi connectivity index (χ0) is 10.7. The van der Waals surface area contributed by atoms with Crippen LogP contribution in [0.4, 0.5) is 0 Å². The van der Waals surface area contributed by atoms with Crippen molar-refractivity contribution >= 4 is 22.7 Å². The fourth-order valence-electron chi connectivity index (χ4n) is 1.51. The average Bonchev–Trinajstić information content (AvgIpc) is 2.48. The molecule has 78 valence electrons. The summed E-state index contributed by atoms with van der Waals surface area (Å²) in [5.41, 5.74) is 0. The van der Waals surface area contributed by atoms with Gasteiger partial charge in [-0.05, 0) is 6.92 Å². The number of rotatable bonds is 4. The molecule has 0 aromatic heterocycles. The minimum absolute atomic E-state index is 0.0808. The summed E-state index contributed by atoms with van der Waals surface area (Å²) in [6.07, 6.45) is 0.465. The number of carbonyl (C=O) groups excluding carboxylic acids is 2. The average molecular weight is 214 g/mol. The standard InChI is InChI=1S/C10H14O3S/c1-6(13-3)4-8-9(7(2)11)5-14-10(8)12/h8-9H,1,4-5H2,2-3H3. The predicted molar refractivity (Wildman–Crippen MR) is 55.9 cm³/mol. The normalized spacial score (nSPS) is 26.3. The van der Waals surface area contributed by atoms with E-state index in [1.807, 2.05) is 0 Å². The number of allylic oxidation sites excluding steroid dienone is 1. The van der Waals surface area contributed by atoms with E-state index >= 15 is 0 Å². The first-order valence-electron chi connectivity index (χ1n) is 4.45. The van der Waals surface area contributed by atoms with Gasteiger partial charge in [0.25, 0.3) is 0 Å². The molecule has 0 aromatic rings. The van der Waals surface area contributed by atoms with Gasteiger partial charge in [0.2, 0.25) is 0 Å².